The van der Waals surface area contributed by atoms with Crippen LogP contribution in [0.4, 0.5) is 0 Å². The number of carbonyl (C=O) groups is 1. The second kappa shape index (κ2) is 6.65. The Morgan fingerprint density at radius 2 is 2.16 bits per heavy atom. The standard InChI is InChI=1S/C13H24N4O2/c1-6-13(4,5)16-12(18)9(2)14-8-7-11-15-10(3)17-19-11/h9,14H,6-8H2,1-5H3,(H,16,18). The Bertz CT molecular complexity index is 415. The molecule has 1 rings (SSSR count). The summed E-state index contributed by atoms with van der Waals surface area (Å²) in [5.74, 6) is 1.23. The maximum Gasteiger partial charge on any atom is 0.237 e. The Morgan fingerprint density at radius 3 is 2.68 bits per heavy atom. The van der Waals surface area contributed by atoms with Crippen LogP contribution in [0, 0.1) is 6.92 Å². The van der Waals surface area contributed by atoms with Gasteiger partial charge in [0.15, 0.2) is 5.82 Å². The van der Waals surface area contributed by atoms with Crippen LogP contribution < -0.4 is 10.6 Å². The molecule has 1 aromatic heterocycles. The molecule has 0 saturated carbocycles. The van der Waals surface area contributed by atoms with Crippen LogP contribution in [-0.2, 0) is 11.2 Å². The molecule has 1 heterocycles. The SMILES string of the molecule is CCC(C)(C)NC(=O)C(C)NCCc1nc(C)no1. The molecular formula is C13H24N4O2. The molecule has 0 spiro atoms. The zero-order valence-electron chi connectivity index (χ0n) is 12.4. The Kier molecular flexibility index (Phi) is 5.47. The average Bonchev–Trinajstić information content (AvgIpc) is 2.74. The molecule has 1 atom stereocenters. The lowest BCUT2D eigenvalue weighted by Crippen LogP contribution is -2.50. The predicted octanol–water partition coefficient (Wildman–Crippen LogP) is 1.20. The zero-order valence-corrected chi connectivity index (χ0v) is 12.4. The van der Waals surface area contributed by atoms with E-state index in [1.807, 2.05) is 20.8 Å². The number of carbonyl (C=O) groups excluding carboxylic acids is 1. The zero-order chi connectivity index (χ0) is 14.5. The van der Waals surface area contributed by atoms with Gasteiger partial charge in [-0.3, -0.25) is 4.79 Å². The Balaban J connectivity index is 2.30. The smallest absolute Gasteiger partial charge is 0.237 e. The van der Waals surface area contributed by atoms with E-state index in [9.17, 15) is 4.79 Å². The van der Waals surface area contributed by atoms with Gasteiger partial charge in [0.2, 0.25) is 11.8 Å². The molecule has 19 heavy (non-hydrogen) atoms. The molecule has 0 bridgehead atoms. The first kappa shape index (κ1) is 15.6. The van der Waals surface area contributed by atoms with Crippen molar-refractivity contribution >= 4 is 5.91 Å². The maximum atomic E-state index is 11.9. The second-order valence-corrected chi connectivity index (χ2v) is 5.39. The number of nitrogens with zero attached hydrogens (tertiary/aromatic N) is 2. The first-order valence-electron chi connectivity index (χ1n) is 6.68. The summed E-state index contributed by atoms with van der Waals surface area (Å²) >= 11 is 0. The molecule has 0 fully saturated rings. The second-order valence-electron chi connectivity index (χ2n) is 5.39. The van der Waals surface area contributed by atoms with Gasteiger partial charge in [0.05, 0.1) is 6.04 Å². The molecule has 0 aliphatic rings. The maximum absolute atomic E-state index is 11.9. The first-order valence-corrected chi connectivity index (χ1v) is 6.68. The minimum absolute atomic E-state index is 0.00793. The highest BCUT2D eigenvalue weighted by Gasteiger charge is 2.21. The summed E-state index contributed by atoms with van der Waals surface area (Å²) < 4.78 is 5.00. The number of rotatable bonds is 7. The lowest BCUT2D eigenvalue weighted by molar-refractivity contribution is -0.124. The van der Waals surface area contributed by atoms with Crippen LogP contribution in [-0.4, -0.2) is 34.2 Å². The average molecular weight is 268 g/mol. The minimum Gasteiger partial charge on any atom is -0.350 e. The third-order valence-electron chi connectivity index (χ3n) is 3.10. The van der Waals surface area contributed by atoms with Gasteiger partial charge in [0.25, 0.3) is 0 Å². The molecule has 0 aromatic carbocycles. The van der Waals surface area contributed by atoms with E-state index in [2.05, 4.69) is 27.7 Å². The van der Waals surface area contributed by atoms with E-state index < -0.39 is 0 Å². The van der Waals surface area contributed by atoms with E-state index in [0.29, 0.717) is 24.7 Å². The van der Waals surface area contributed by atoms with E-state index in [1.165, 1.54) is 0 Å². The van der Waals surface area contributed by atoms with Crippen molar-refractivity contribution in [3.8, 4) is 0 Å². The predicted molar refractivity (Wildman–Crippen MR) is 72.7 cm³/mol. The van der Waals surface area contributed by atoms with Crippen LogP contribution in [0.1, 0.15) is 45.8 Å². The highest BCUT2D eigenvalue weighted by atomic mass is 16.5. The molecule has 0 radical (unpaired) electrons. The summed E-state index contributed by atoms with van der Waals surface area (Å²) in [7, 11) is 0. The van der Waals surface area contributed by atoms with Crippen LogP contribution in [0.25, 0.3) is 0 Å². The van der Waals surface area contributed by atoms with Gasteiger partial charge in [-0.15, -0.1) is 0 Å². The summed E-state index contributed by atoms with van der Waals surface area (Å²) in [5.41, 5.74) is -0.170. The number of aryl methyl sites for hydroxylation is 1. The van der Waals surface area contributed by atoms with Crippen molar-refractivity contribution in [3.05, 3.63) is 11.7 Å². The number of aromatic nitrogens is 2. The summed E-state index contributed by atoms with van der Waals surface area (Å²) in [6.07, 6.45) is 1.52. The normalized spacial score (nSPS) is 13.3. The highest BCUT2D eigenvalue weighted by molar-refractivity contribution is 5.81. The van der Waals surface area contributed by atoms with Crippen molar-refractivity contribution in [2.75, 3.05) is 6.54 Å². The quantitative estimate of drug-likeness (QED) is 0.777. The van der Waals surface area contributed by atoms with Crippen LogP contribution in [0.5, 0.6) is 0 Å². The number of hydrogen-bond donors (Lipinski definition) is 2. The first-order chi connectivity index (χ1) is 8.84. The van der Waals surface area contributed by atoms with E-state index in [0.717, 1.165) is 6.42 Å². The van der Waals surface area contributed by atoms with Crippen molar-refractivity contribution in [2.45, 2.75) is 59.0 Å². The fourth-order valence-electron chi connectivity index (χ4n) is 1.46. The monoisotopic (exact) mass is 268 g/mol. The van der Waals surface area contributed by atoms with Gasteiger partial charge in [0, 0.05) is 18.5 Å². The molecule has 1 amide bonds. The van der Waals surface area contributed by atoms with Crippen molar-refractivity contribution in [3.63, 3.8) is 0 Å². The van der Waals surface area contributed by atoms with E-state index in [4.69, 9.17) is 4.52 Å². The van der Waals surface area contributed by atoms with Gasteiger partial charge < -0.3 is 15.2 Å². The van der Waals surface area contributed by atoms with E-state index >= 15 is 0 Å². The van der Waals surface area contributed by atoms with Crippen LogP contribution >= 0.6 is 0 Å². The Labute approximate surface area is 114 Å². The van der Waals surface area contributed by atoms with Gasteiger partial charge in [-0.05, 0) is 34.1 Å². The van der Waals surface area contributed by atoms with Crippen LogP contribution in [0.2, 0.25) is 0 Å². The number of nitrogens with one attached hydrogen (secondary N) is 2. The third kappa shape index (κ3) is 5.38. The fourth-order valence-corrected chi connectivity index (χ4v) is 1.46. The van der Waals surface area contributed by atoms with Crippen LogP contribution in [0.3, 0.4) is 0 Å². The fraction of sp³-hybridized carbons (Fsp3) is 0.769. The lowest BCUT2D eigenvalue weighted by atomic mass is 10.0. The van der Waals surface area contributed by atoms with Crippen LogP contribution in [0.15, 0.2) is 4.52 Å². The van der Waals surface area contributed by atoms with E-state index in [1.54, 1.807) is 6.92 Å². The molecule has 0 aliphatic carbocycles. The Morgan fingerprint density at radius 1 is 1.47 bits per heavy atom. The van der Waals surface area contributed by atoms with Gasteiger partial charge in [-0.25, -0.2) is 0 Å². The summed E-state index contributed by atoms with van der Waals surface area (Å²) in [4.78, 5) is 16.0. The number of amides is 1. The van der Waals surface area contributed by atoms with Gasteiger partial charge in [0.1, 0.15) is 0 Å². The summed E-state index contributed by atoms with van der Waals surface area (Å²) in [6.45, 7) is 10.3. The third-order valence-corrected chi connectivity index (χ3v) is 3.10. The van der Waals surface area contributed by atoms with Gasteiger partial charge in [-0.2, -0.15) is 4.98 Å². The minimum atomic E-state index is -0.241. The molecule has 1 unspecified atom stereocenters. The molecular weight excluding hydrogens is 244 g/mol. The summed E-state index contributed by atoms with van der Waals surface area (Å²) in [6, 6.07) is -0.241. The van der Waals surface area contributed by atoms with Crippen molar-refractivity contribution in [2.24, 2.45) is 0 Å². The topological polar surface area (TPSA) is 80.0 Å². The van der Waals surface area contributed by atoms with Gasteiger partial charge in [-0.1, -0.05) is 12.1 Å². The molecule has 0 aliphatic heterocycles. The number of hydrogen-bond acceptors (Lipinski definition) is 5. The molecule has 1 aromatic rings. The summed E-state index contributed by atoms with van der Waals surface area (Å²) in [5, 5.41) is 9.87. The highest BCUT2D eigenvalue weighted by Crippen LogP contribution is 2.07. The molecule has 108 valence electrons. The molecule has 0 saturated heterocycles. The molecule has 6 nitrogen and oxygen atoms in total. The van der Waals surface area contributed by atoms with E-state index in [-0.39, 0.29) is 17.5 Å². The van der Waals surface area contributed by atoms with Crippen molar-refractivity contribution in [1.29, 1.82) is 0 Å². The molecule has 2 N–H and O–H groups in total. The lowest BCUT2D eigenvalue weighted by Gasteiger charge is -2.26. The Hall–Kier alpha value is -1.43. The van der Waals surface area contributed by atoms with Gasteiger partial charge >= 0.3 is 0 Å². The molecule has 6 heteroatoms. The van der Waals surface area contributed by atoms with Crippen molar-refractivity contribution in [1.82, 2.24) is 20.8 Å². The van der Waals surface area contributed by atoms with Crippen molar-refractivity contribution < 1.29 is 9.32 Å². The largest absolute Gasteiger partial charge is 0.350 e.